The molecule has 0 spiro atoms. The van der Waals surface area contributed by atoms with Crippen LogP contribution in [0.5, 0.6) is 5.75 Å². The highest BCUT2D eigenvalue weighted by atomic mass is 79.9. The van der Waals surface area contributed by atoms with Crippen LogP contribution in [0.3, 0.4) is 0 Å². The van der Waals surface area contributed by atoms with Gasteiger partial charge in [-0.05, 0) is 84.2 Å². The van der Waals surface area contributed by atoms with Crippen LogP contribution in [0, 0.1) is 6.92 Å². The SMILES string of the molecule is CCOC(=O)C1=C(C)N=c2s/c(=C\c3c(C)n(Cc4ccc(Br)cc4)c4ccccc34)c(=O)n2[C@@H]1c1ccc(OC)c(Br)c1. The standard InChI is InChI=1S/C34H29Br2N3O4S/c1-5-43-33(41)30-19(2)37-34-39(31(30)22-12-15-28(42-4)26(36)16-22)32(40)29(44-34)17-25-20(3)38(27-9-7-6-8-24(25)27)18-21-10-13-23(35)14-11-21/h6-17,31H,5,18H2,1-4H3/b29-17-/t31-/m1/s1. The van der Waals surface area contributed by atoms with Crippen LogP contribution < -0.4 is 19.6 Å². The number of rotatable bonds is 7. The number of esters is 1. The molecule has 0 fully saturated rings. The van der Waals surface area contributed by atoms with E-state index in [1.165, 1.54) is 16.9 Å². The normalized spacial score (nSPS) is 15.0. The molecule has 0 amide bonds. The number of fused-ring (bicyclic) bond motifs is 2. The van der Waals surface area contributed by atoms with E-state index in [0.29, 0.717) is 37.4 Å². The minimum absolute atomic E-state index is 0.211. The lowest BCUT2D eigenvalue weighted by atomic mass is 9.96. The third-order valence-electron chi connectivity index (χ3n) is 7.82. The number of aromatic nitrogens is 2. The number of hydrogen-bond acceptors (Lipinski definition) is 6. The van der Waals surface area contributed by atoms with E-state index in [9.17, 15) is 9.59 Å². The van der Waals surface area contributed by atoms with Crippen molar-refractivity contribution >= 4 is 66.1 Å². The zero-order valence-corrected chi connectivity index (χ0v) is 28.5. The lowest BCUT2D eigenvalue weighted by Crippen LogP contribution is -2.40. The molecule has 1 atom stereocenters. The van der Waals surface area contributed by atoms with E-state index in [2.05, 4.69) is 67.6 Å². The number of allylic oxidation sites excluding steroid dienone is 1. The van der Waals surface area contributed by atoms with Crippen molar-refractivity contribution in [2.45, 2.75) is 33.4 Å². The maximum Gasteiger partial charge on any atom is 0.338 e. The molecule has 1 aliphatic rings. The summed E-state index contributed by atoms with van der Waals surface area (Å²) in [7, 11) is 1.59. The molecule has 6 rings (SSSR count). The highest BCUT2D eigenvalue weighted by molar-refractivity contribution is 9.10. The molecule has 0 radical (unpaired) electrons. The molecule has 1 aliphatic heterocycles. The number of ether oxygens (including phenoxy) is 2. The van der Waals surface area contributed by atoms with Crippen LogP contribution in [0.15, 0.2) is 96.7 Å². The van der Waals surface area contributed by atoms with Gasteiger partial charge in [-0.2, -0.15) is 0 Å². The highest BCUT2D eigenvalue weighted by Gasteiger charge is 2.33. The summed E-state index contributed by atoms with van der Waals surface area (Å²) < 4.78 is 17.0. The van der Waals surface area contributed by atoms with Crippen molar-refractivity contribution in [2.75, 3.05) is 13.7 Å². The maximum absolute atomic E-state index is 14.3. The first kappa shape index (κ1) is 30.3. The van der Waals surface area contributed by atoms with E-state index < -0.39 is 12.0 Å². The number of para-hydroxylation sites is 1. The van der Waals surface area contributed by atoms with Gasteiger partial charge in [0, 0.05) is 33.2 Å². The van der Waals surface area contributed by atoms with Crippen molar-refractivity contribution in [3.8, 4) is 5.75 Å². The van der Waals surface area contributed by atoms with Gasteiger partial charge in [-0.3, -0.25) is 9.36 Å². The predicted octanol–water partition coefficient (Wildman–Crippen LogP) is 6.64. The number of benzene rings is 3. The number of thiazole rings is 1. The van der Waals surface area contributed by atoms with Crippen molar-refractivity contribution in [3.63, 3.8) is 0 Å². The first-order chi connectivity index (χ1) is 21.2. The second-order valence-corrected chi connectivity index (χ2v) is 13.2. The van der Waals surface area contributed by atoms with Crippen LogP contribution in [-0.2, 0) is 16.1 Å². The summed E-state index contributed by atoms with van der Waals surface area (Å²) in [5.41, 5.74) is 5.69. The van der Waals surface area contributed by atoms with Gasteiger partial charge in [0.1, 0.15) is 5.75 Å². The minimum Gasteiger partial charge on any atom is -0.496 e. The van der Waals surface area contributed by atoms with E-state index >= 15 is 0 Å². The molecular weight excluding hydrogens is 706 g/mol. The number of nitrogens with zero attached hydrogens (tertiary/aromatic N) is 3. The van der Waals surface area contributed by atoms with E-state index in [0.717, 1.165) is 32.2 Å². The molecule has 0 bridgehead atoms. The Morgan fingerprint density at radius 3 is 2.52 bits per heavy atom. The van der Waals surface area contributed by atoms with Gasteiger partial charge in [0.2, 0.25) is 0 Å². The Labute approximate surface area is 275 Å². The molecule has 0 N–H and O–H groups in total. The molecule has 224 valence electrons. The molecule has 0 unspecified atom stereocenters. The quantitative estimate of drug-likeness (QED) is 0.176. The summed E-state index contributed by atoms with van der Waals surface area (Å²) >= 11 is 8.41. The highest BCUT2D eigenvalue weighted by Crippen LogP contribution is 2.35. The van der Waals surface area contributed by atoms with Gasteiger partial charge >= 0.3 is 5.97 Å². The van der Waals surface area contributed by atoms with Crippen molar-refractivity contribution in [1.82, 2.24) is 9.13 Å². The van der Waals surface area contributed by atoms with Crippen LogP contribution in [0.4, 0.5) is 0 Å². The van der Waals surface area contributed by atoms with Crippen LogP contribution in [0.1, 0.15) is 42.3 Å². The van der Waals surface area contributed by atoms with Gasteiger partial charge < -0.3 is 14.0 Å². The van der Waals surface area contributed by atoms with Crippen molar-refractivity contribution in [2.24, 2.45) is 4.99 Å². The Kier molecular flexibility index (Phi) is 8.50. The smallest absolute Gasteiger partial charge is 0.338 e. The Bertz CT molecular complexity index is 2140. The lowest BCUT2D eigenvalue weighted by molar-refractivity contribution is -0.139. The second kappa shape index (κ2) is 12.3. The zero-order chi connectivity index (χ0) is 31.1. The summed E-state index contributed by atoms with van der Waals surface area (Å²) in [4.78, 5) is 32.8. The molecule has 3 heterocycles. The molecule has 2 aromatic heterocycles. The molecule has 10 heteroatoms. The molecule has 5 aromatic rings. The van der Waals surface area contributed by atoms with Gasteiger partial charge in [-0.25, -0.2) is 9.79 Å². The molecule has 0 saturated carbocycles. The fraction of sp³-hybridized carbons (Fsp3) is 0.206. The summed E-state index contributed by atoms with van der Waals surface area (Å²) in [6, 6.07) is 21.4. The Hall–Kier alpha value is -3.73. The molecule has 0 aliphatic carbocycles. The third kappa shape index (κ3) is 5.39. The van der Waals surface area contributed by atoms with Crippen molar-refractivity contribution < 1.29 is 14.3 Å². The second-order valence-electron chi connectivity index (χ2n) is 10.4. The maximum atomic E-state index is 14.3. The number of halogens is 2. The van der Waals surface area contributed by atoms with Crippen LogP contribution in [0.2, 0.25) is 0 Å². The number of carbonyl (C=O) groups excluding carboxylic acids is 1. The fourth-order valence-electron chi connectivity index (χ4n) is 5.71. The van der Waals surface area contributed by atoms with E-state index in [-0.39, 0.29) is 12.2 Å². The largest absolute Gasteiger partial charge is 0.496 e. The molecular formula is C34H29Br2N3O4S. The summed E-state index contributed by atoms with van der Waals surface area (Å²) in [5, 5.41) is 1.06. The summed E-state index contributed by atoms with van der Waals surface area (Å²) in [6.07, 6.45) is 1.96. The van der Waals surface area contributed by atoms with Gasteiger partial charge in [0.15, 0.2) is 4.80 Å². The Morgan fingerprint density at radius 2 is 1.82 bits per heavy atom. The molecule has 3 aromatic carbocycles. The molecule has 44 heavy (non-hydrogen) atoms. The topological polar surface area (TPSA) is 74.8 Å². The minimum atomic E-state index is -0.713. The monoisotopic (exact) mass is 733 g/mol. The third-order valence-corrected chi connectivity index (χ3v) is 9.95. The number of hydrogen-bond donors (Lipinski definition) is 0. The van der Waals surface area contributed by atoms with Crippen molar-refractivity contribution in [1.29, 1.82) is 0 Å². The number of methoxy groups -OCH3 is 1. The van der Waals surface area contributed by atoms with Gasteiger partial charge in [-0.1, -0.05) is 63.7 Å². The van der Waals surface area contributed by atoms with E-state index in [1.807, 2.05) is 48.5 Å². The zero-order valence-electron chi connectivity index (χ0n) is 24.6. The first-order valence-corrected chi connectivity index (χ1v) is 16.5. The average Bonchev–Trinajstić information content (AvgIpc) is 3.46. The lowest BCUT2D eigenvalue weighted by Gasteiger charge is -2.25. The van der Waals surface area contributed by atoms with E-state index in [1.54, 1.807) is 25.5 Å². The van der Waals surface area contributed by atoms with Crippen LogP contribution in [0.25, 0.3) is 17.0 Å². The van der Waals surface area contributed by atoms with Crippen molar-refractivity contribution in [3.05, 3.63) is 129 Å². The molecule has 7 nitrogen and oxygen atoms in total. The van der Waals surface area contributed by atoms with Crippen LogP contribution in [-0.4, -0.2) is 28.8 Å². The molecule has 0 saturated heterocycles. The average molecular weight is 735 g/mol. The van der Waals surface area contributed by atoms with E-state index in [4.69, 9.17) is 14.5 Å². The Morgan fingerprint density at radius 1 is 1.07 bits per heavy atom. The van der Waals surface area contributed by atoms with Gasteiger partial charge in [0.05, 0.1) is 40.0 Å². The Balaban J connectivity index is 1.54. The summed E-state index contributed by atoms with van der Waals surface area (Å²) in [6.45, 7) is 6.54. The fourth-order valence-corrected chi connectivity index (χ4v) is 7.56. The van der Waals surface area contributed by atoms with Gasteiger partial charge in [-0.15, -0.1) is 0 Å². The van der Waals surface area contributed by atoms with Crippen LogP contribution >= 0.6 is 43.2 Å². The predicted molar refractivity (Wildman–Crippen MR) is 181 cm³/mol. The first-order valence-electron chi connectivity index (χ1n) is 14.1. The summed E-state index contributed by atoms with van der Waals surface area (Å²) in [5.74, 6) is 0.154. The van der Waals surface area contributed by atoms with Gasteiger partial charge in [0.25, 0.3) is 5.56 Å². The number of carbonyl (C=O) groups is 1.